The third-order valence-electron chi connectivity index (χ3n) is 3.61. The number of pyridine rings is 1. The molecule has 2 aromatic rings. The van der Waals surface area contributed by atoms with Gasteiger partial charge in [0.2, 0.25) is 0 Å². The molecular weight excluding hydrogens is 303 g/mol. The zero-order valence-corrected chi connectivity index (χ0v) is 11.9. The van der Waals surface area contributed by atoms with Crippen LogP contribution in [0.5, 0.6) is 0 Å². The fourth-order valence-electron chi connectivity index (χ4n) is 2.59. The molecule has 3 rings (SSSR count). The summed E-state index contributed by atoms with van der Waals surface area (Å²) in [7, 11) is 0. The molecule has 2 N–H and O–H groups in total. The molecule has 1 aromatic heterocycles. The average Bonchev–Trinajstić information content (AvgIpc) is 2.47. The first-order valence-corrected chi connectivity index (χ1v) is 7.08. The van der Waals surface area contributed by atoms with E-state index in [-0.39, 0.29) is 10.5 Å². The van der Waals surface area contributed by atoms with Crippen LogP contribution in [-0.4, -0.2) is 31.2 Å². The molecule has 2 heterocycles. The van der Waals surface area contributed by atoms with Crippen molar-refractivity contribution in [3.8, 4) is 0 Å². The molecule has 112 valence electrons. The van der Waals surface area contributed by atoms with E-state index in [0.29, 0.717) is 24.2 Å². The maximum atomic E-state index is 13.1. The highest BCUT2D eigenvalue weighted by atomic mass is 35.5. The van der Waals surface area contributed by atoms with Gasteiger partial charge < -0.3 is 10.2 Å². The summed E-state index contributed by atoms with van der Waals surface area (Å²) in [6.07, 6.45) is -4.48. The second-order valence-corrected chi connectivity index (χ2v) is 5.42. The van der Waals surface area contributed by atoms with Crippen molar-refractivity contribution in [3.63, 3.8) is 0 Å². The molecule has 1 fully saturated rings. The molecule has 1 aromatic carbocycles. The molecular formula is C14H14ClF3N3+. The summed E-state index contributed by atoms with van der Waals surface area (Å²) >= 11 is 6.04. The predicted molar refractivity (Wildman–Crippen MR) is 75.6 cm³/mol. The Kier molecular flexibility index (Phi) is 3.67. The summed E-state index contributed by atoms with van der Waals surface area (Å²) in [5.74, 6) is 0. The lowest BCUT2D eigenvalue weighted by Gasteiger charge is -2.29. The van der Waals surface area contributed by atoms with Crippen LogP contribution in [0.1, 0.15) is 5.69 Å². The maximum Gasteiger partial charge on any atom is 0.433 e. The molecule has 1 aliphatic rings. The number of aromatic nitrogens is 1. The van der Waals surface area contributed by atoms with Gasteiger partial charge in [0, 0.05) is 11.1 Å². The molecule has 1 saturated heterocycles. The van der Waals surface area contributed by atoms with Gasteiger partial charge in [0.25, 0.3) is 0 Å². The van der Waals surface area contributed by atoms with Crippen LogP contribution >= 0.6 is 11.6 Å². The number of nitrogens with zero attached hydrogens (tertiary/aromatic N) is 2. The van der Waals surface area contributed by atoms with E-state index in [1.165, 1.54) is 0 Å². The number of para-hydroxylation sites is 1. The predicted octanol–water partition coefficient (Wildman–Crippen LogP) is 2.29. The average molecular weight is 317 g/mol. The first-order chi connectivity index (χ1) is 9.97. The Bertz CT molecular complexity index is 666. The van der Waals surface area contributed by atoms with Crippen LogP contribution < -0.4 is 10.2 Å². The highest BCUT2D eigenvalue weighted by molar-refractivity contribution is 6.35. The summed E-state index contributed by atoms with van der Waals surface area (Å²) in [5, 5.41) is 3.05. The van der Waals surface area contributed by atoms with Crippen LogP contribution in [0.2, 0.25) is 5.02 Å². The highest BCUT2D eigenvalue weighted by Crippen LogP contribution is 2.36. The zero-order chi connectivity index (χ0) is 15.0. The third-order valence-corrected chi connectivity index (χ3v) is 3.91. The minimum atomic E-state index is -4.48. The second kappa shape index (κ2) is 5.35. The molecule has 0 unspecified atom stereocenters. The number of anilines is 1. The lowest BCUT2D eigenvalue weighted by Crippen LogP contribution is -2.89. The SMILES string of the molecule is FC(F)(F)c1cc(N2CC[NH2+]CC2)c2cccc(Cl)c2n1. The van der Waals surface area contributed by atoms with E-state index >= 15 is 0 Å². The molecule has 7 heteroatoms. The van der Waals surface area contributed by atoms with E-state index in [0.717, 1.165) is 19.2 Å². The maximum absolute atomic E-state index is 13.1. The molecule has 0 saturated carbocycles. The number of piperazine rings is 1. The van der Waals surface area contributed by atoms with Crippen LogP contribution in [0.3, 0.4) is 0 Å². The van der Waals surface area contributed by atoms with Gasteiger partial charge in [-0.15, -0.1) is 0 Å². The smallest absolute Gasteiger partial charge is 0.360 e. The molecule has 0 amide bonds. The largest absolute Gasteiger partial charge is 0.433 e. The summed E-state index contributed by atoms with van der Waals surface area (Å²) < 4.78 is 39.2. The first kappa shape index (κ1) is 14.4. The van der Waals surface area contributed by atoms with Crippen LogP contribution in [-0.2, 0) is 6.18 Å². The van der Waals surface area contributed by atoms with E-state index in [4.69, 9.17) is 11.6 Å². The molecule has 0 atom stereocenters. The van der Waals surface area contributed by atoms with Gasteiger partial charge in [-0.05, 0) is 12.1 Å². The van der Waals surface area contributed by atoms with Crippen molar-refractivity contribution in [2.45, 2.75) is 6.18 Å². The van der Waals surface area contributed by atoms with Crippen LogP contribution in [0, 0.1) is 0 Å². The lowest BCUT2D eigenvalue weighted by atomic mass is 10.1. The first-order valence-electron chi connectivity index (χ1n) is 6.70. The van der Waals surface area contributed by atoms with E-state index in [1.54, 1.807) is 18.2 Å². The second-order valence-electron chi connectivity index (χ2n) is 5.01. The van der Waals surface area contributed by atoms with Gasteiger partial charge in [-0.3, -0.25) is 0 Å². The van der Waals surface area contributed by atoms with Crippen molar-refractivity contribution in [2.24, 2.45) is 0 Å². The number of fused-ring (bicyclic) bond motifs is 1. The Morgan fingerprint density at radius 2 is 1.90 bits per heavy atom. The van der Waals surface area contributed by atoms with Gasteiger partial charge in [0.15, 0.2) is 0 Å². The molecule has 1 aliphatic heterocycles. The standard InChI is InChI=1S/C14H13ClF3N3/c15-10-3-1-2-9-11(21-6-4-19-5-7-21)8-12(14(16,17)18)20-13(9)10/h1-3,8,19H,4-7H2/p+1. The number of nitrogens with two attached hydrogens (primary N) is 1. The van der Waals surface area contributed by atoms with Crippen molar-refractivity contribution in [1.82, 2.24) is 4.98 Å². The molecule has 0 radical (unpaired) electrons. The van der Waals surface area contributed by atoms with Crippen LogP contribution in [0.4, 0.5) is 18.9 Å². The number of rotatable bonds is 1. The molecule has 0 aliphatic carbocycles. The molecule has 0 spiro atoms. The fourth-order valence-corrected chi connectivity index (χ4v) is 2.81. The van der Waals surface area contributed by atoms with Gasteiger partial charge in [0.1, 0.15) is 5.69 Å². The van der Waals surface area contributed by atoms with E-state index in [9.17, 15) is 13.2 Å². The van der Waals surface area contributed by atoms with Crippen molar-refractivity contribution in [2.75, 3.05) is 31.1 Å². The summed E-state index contributed by atoms with van der Waals surface area (Å²) in [6.45, 7) is 3.16. The Morgan fingerprint density at radius 3 is 2.57 bits per heavy atom. The van der Waals surface area contributed by atoms with Crippen molar-refractivity contribution >= 4 is 28.2 Å². The van der Waals surface area contributed by atoms with E-state index in [2.05, 4.69) is 10.3 Å². The van der Waals surface area contributed by atoms with E-state index in [1.807, 2.05) is 4.90 Å². The van der Waals surface area contributed by atoms with Crippen LogP contribution in [0.15, 0.2) is 24.3 Å². The molecule has 3 nitrogen and oxygen atoms in total. The monoisotopic (exact) mass is 316 g/mol. The van der Waals surface area contributed by atoms with Gasteiger partial charge in [-0.25, -0.2) is 4.98 Å². The molecule has 21 heavy (non-hydrogen) atoms. The number of hydrogen-bond acceptors (Lipinski definition) is 2. The Balaban J connectivity index is 2.22. The normalized spacial score (nSPS) is 16.5. The van der Waals surface area contributed by atoms with E-state index < -0.39 is 11.9 Å². The number of alkyl halides is 3. The number of quaternary nitrogens is 1. The van der Waals surface area contributed by atoms with Gasteiger partial charge in [0.05, 0.1) is 36.7 Å². The van der Waals surface area contributed by atoms with Gasteiger partial charge >= 0.3 is 6.18 Å². The van der Waals surface area contributed by atoms with Crippen molar-refractivity contribution in [3.05, 3.63) is 35.0 Å². The quantitative estimate of drug-likeness (QED) is 0.875. The summed E-state index contributed by atoms with van der Waals surface area (Å²) in [6, 6.07) is 6.19. The highest BCUT2D eigenvalue weighted by Gasteiger charge is 2.34. The lowest BCUT2D eigenvalue weighted by molar-refractivity contribution is -0.655. The van der Waals surface area contributed by atoms with Gasteiger partial charge in [-0.1, -0.05) is 23.7 Å². The molecule has 0 bridgehead atoms. The summed E-state index contributed by atoms with van der Waals surface area (Å²) in [4.78, 5) is 5.68. The van der Waals surface area contributed by atoms with Crippen molar-refractivity contribution in [1.29, 1.82) is 0 Å². The Morgan fingerprint density at radius 1 is 1.19 bits per heavy atom. The number of halogens is 4. The minimum absolute atomic E-state index is 0.207. The topological polar surface area (TPSA) is 32.7 Å². The fraction of sp³-hybridized carbons (Fsp3) is 0.357. The van der Waals surface area contributed by atoms with Crippen molar-refractivity contribution < 1.29 is 18.5 Å². The minimum Gasteiger partial charge on any atom is -0.360 e. The number of hydrogen-bond donors (Lipinski definition) is 1. The third kappa shape index (κ3) is 2.78. The Hall–Kier alpha value is -1.53. The zero-order valence-electron chi connectivity index (χ0n) is 11.1. The van der Waals surface area contributed by atoms with Gasteiger partial charge in [-0.2, -0.15) is 13.2 Å². The Labute approximate surface area is 124 Å². The summed E-state index contributed by atoms with van der Waals surface area (Å²) in [5.41, 5.74) is -0.130. The van der Waals surface area contributed by atoms with Crippen LogP contribution in [0.25, 0.3) is 10.9 Å². The number of benzene rings is 1.